The van der Waals surface area contributed by atoms with Gasteiger partial charge in [0.25, 0.3) is 10.2 Å². The van der Waals surface area contributed by atoms with Crippen molar-refractivity contribution in [3.63, 3.8) is 0 Å². The summed E-state index contributed by atoms with van der Waals surface area (Å²) < 4.78 is 28.3. The van der Waals surface area contributed by atoms with Crippen LogP contribution in [0.1, 0.15) is 24.0 Å². The van der Waals surface area contributed by atoms with E-state index < -0.39 is 10.2 Å². The average molecular weight is 298 g/mol. The summed E-state index contributed by atoms with van der Waals surface area (Å²) in [5.74, 6) is 0. The molecule has 0 aromatic heterocycles. The molecule has 0 saturated heterocycles. The summed E-state index contributed by atoms with van der Waals surface area (Å²) >= 11 is 0. The molecule has 112 valence electrons. The molecule has 1 aliphatic carbocycles. The second-order valence-corrected chi connectivity index (χ2v) is 7.04. The molecule has 0 radical (unpaired) electrons. The average Bonchev–Trinajstić information content (AvgIpc) is 2.44. The minimum atomic E-state index is -3.46. The van der Waals surface area contributed by atoms with Crippen LogP contribution in [-0.4, -0.2) is 44.1 Å². The van der Waals surface area contributed by atoms with Crippen LogP contribution in [0.15, 0.2) is 24.3 Å². The number of fused-ring (bicyclic) bond motifs is 1. The normalized spacial score (nSPS) is 19.1. The minimum absolute atomic E-state index is 0.00331. The molecule has 2 rings (SSSR count). The summed E-state index contributed by atoms with van der Waals surface area (Å²) in [6, 6.07) is 8.12. The van der Waals surface area contributed by atoms with Crippen molar-refractivity contribution < 1.29 is 13.5 Å². The zero-order valence-electron chi connectivity index (χ0n) is 11.7. The second kappa shape index (κ2) is 6.67. The lowest BCUT2D eigenvalue weighted by molar-refractivity contribution is 0.275. The zero-order valence-corrected chi connectivity index (χ0v) is 12.6. The van der Waals surface area contributed by atoms with Crippen LogP contribution in [0.2, 0.25) is 0 Å². The molecule has 1 aliphatic rings. The van der Waals surface area contributed by atoms with Gasteiger partial charge in [-0.15, -0.1) is 0 Å². The Balaban J connectivity index is 1.98. The van der Waals surface area contributed by atoms with E-state index in [2.05, 4.69) is 16.9 Å². The number of aliphatic hydroxyl groups is 1. The molecular weight excluding hydrogens is 276 g/mol. The molecular formula is C14H22N2O3S. The Hall–Kier alpha value is -0.950. The summed E-state index contributed by atoms with van der Waals surface area (Å²) in [6.07, 6.45) is 2.92. The van der Waals surface area contributed by atoms with Crippen molar-refractivity contribution in [1.29, 1.82) is 0 Å². The SMILES string of the molecule is CN(CCCO)S(=O)(=O)NC1CCc2ccccc2C1. The highest BCUT2D eigenvalue weighted by atomic mass is 32.2. The summed E-state index contributed by atoms with van der Waals surface area (Å²) in [5.41, 5.74) is 2.54. The fourth-order valence-corrected chi connectivity index (χ4v) is 3.68. The highest BCUT2D eigenvalue weighted by Crippen LogP contribution is 2.21. The van der Waals surface area contributed by atoms with Crippen molar-refractivity contribution in [3.05, 3.63) is 35.4 Å². The lowest BCUT2D eigenvalue weighted by Gasteiger charge is -2.27. The van der Waals surface area contributed by atoms with E-state index in [4.69, 9.17) is 5.11 Å². The molecule has 0 spiro atoms. The van der Waals surface area contributed by atoms with E-state index in [0.29, 0.717) is 13.0 Å². The van der Waals surface area contributed by atoms with Crippen LogP contribution in [0.5, 0.6) is 0 Å². The van der Waals surface area contributed by atoms with E-state index in [9.17, 15) is 8.42 Å². The largest absolute Gasteiger partial charge is 0.396 e. The van der Waals surface area contributed by atoms with E-state index >= 15 is 0 Å². The van der Waals surface area contributed by atoms with Crippen LogP contribution in [0.3, 0.4) is 0 Å². The molecule has 5 nitrogen and oxygen atoms in total. The Morgan fingerprint density at radius 3 is 2.75 bits per heavy atom. The maximum atomic E-state index is 12.1. The first kappa shape index (κ1) is 15.4. The molecule has 1 atom stereocenters. The van der Waals surface area contributed by atoms with Gasteiger partial charge < -0.3 is 5.11 Å². The highest BCUT2D eigenvalue weighted by Gasteiger charge is 2.25. The highest BCUT2D eigenvalue weighted by molar-refractivity contribution is 7.87. The van der Waals surface area contributed by atoms with Gasteiger partial charge in [-0.25, -0.2) is 0 Å². The summed E-state index contributed by atoms with van der Waals surface area (Å²) in [6.45, 7) is 0.325. The minimum Gasteiger partial charge on any atom is -0.396 e. The molecule has 6 heteroatoms. The number of nitrogens with one attached hydrogen (secondary N) is 1. The molecule has 1 aromatic carbocycles. The van der Waals surface area contributed by atoms with Gasteiger partial charge in [0.1, 0.15) is 0 Å². The summed E-state index contributed by atoms with van der Waals surface area (Å²) in [5, 5.41) is 8.77. The third kappa shape index (κ3) is 3.79. The molecule has 0 bridgehead atoms. The van der Waals surface area contributed by atoms with E-state index in [0.717, 1.165) is 19.3 Å². The second-order valence-electron chi connectivity index (χ2n) is 5.23. The van der Waals surface area contributed by atoms with Gasteiger partial charge in [0.2, 0.25) is 0 Å². The molecule has 0 aliphatic heterocycles. The van der Waals surface area contributed by atoms with Crippen LogP contribution in [-0.2, 0) is 23.1 Å². The topological polar surface area (TPSA) is 69.6 Å². The first-order chi connectivity index (χ1) is 9.53. The molecule has 0 saturated carbocycles. The van der Waals surface area contributed by atoms with Crippen molar-refractivity contribution >= 4 is 10.2 Å². The van der Waals surface area contributed by atoms with E-state index in [1.165, 1.54) is 22.5 Å². The molecule has 0 fully saturated rings. The third-order valence-electron chi connectivity index (χ3n) is 3.70. The van der Waals surface area contributed by atoms with Crippen molar-refractivity contribution in [2.75, 3.05) is 20.2 Å². The maximum absolute atomic E-state index is 12.1. The maximum Gasteiger partial charge on any atom is 0.279 e. The van der Waals surface area contributed by atoms with Crippen molar-refractivity contribution in [2.45, 2.75) is 31.7 Å². The first-order valence-corrected chi connectivity index (χ1v) is 8.38. The van der Waals surface area contributed by atoms with Crippen molar-refractivity contribution in [1.82, 2.24) is 9.03 Å². The Labute approximate surface area is 120 Å². The number of hydrogen-bond acceptors (Lipinski definition) is 3. The monoisotopic (exact) mass is 298 g/mol. The number of hydrogen-bond donors (Lipinski definition) is 2. The number of benzene rings is 1. The van der Waals surface area contributed by atoms with Gasteiger partial charge in [0, 0.05) is 26.2 Å². The van der Waals surface area contributed by atoms with Crippen molar-refractivity contribution in [3.8, 4) is 0 Å². The van der Waals surface area contributed by atoms with Gasteiger partial charge in [-0.05, 0) is 36.8 Å². The Kier molecular flexibility index (Phi) is 5.15. The fraction of sp³-hybridized carbons (Fsp3) is 0.571. The molecule has 1 unspecified atom stereocenters. The van der Waals surface area contributed by atoms with Gasteiger partial charge in [-0.3, -0.25) is 0 Å². The lowest BCUT2D eigenvalue weighted by atomic mass is 9.89. The fourth-order valence-electron chi connectivity index (χ4n) is 2.51. The number of aliphatic hydroxyl groups excluding tert-OH is 1. The van der Waals surface area contributed by atoms with Crippen LogP contribution >= 0.6 is 0 Å². The van der Waals surface area contributed by atoms with Gasteiger partial charge >= 0.3 is 0 Å². The Bertz CT molecular complexity index is 545. The number of aryl methyl sites for hydroxylation is 1. The first-order valence-electron chi connectivity index (χ1n) is 6.94. The third-order valence-corrected chi connectivity index (χ3v) is 5.34. The Morgan fingerprint density at radius 2 is 2.05 bits per heavy atom. The zero-order chi connectivity index (χ0) is 14.6. The number of rotatable bonds is 6. The summed E-state index contributed by atoms with van der Waals surface area (Å²) in [7, 11) is -1.93. The molecule has 0 heterocycles. The standard InChI is InChI=1S/C14H22N2O3S/c1-16(9-4-10-17)20(18,19)15-14-8-7-12-5-2-3-6-13(12)11-14/h2-3,5-6,14-15,17H,4,7-11H2,1H3. The molecule has 1 aromatic rings. The van der Waals surface area contributed by atoms with Crippen LogP contribution in [0, 0.1) is 0 Å². The summed E-state index contributed by atoms with van der Waals surface area (Å²) in [4.78, 5) is 0. The lowest BCUT2D eigenvalue weighted by Crippen LogP contribution is -2.46. The van der Waals surface area contributed by atoms with Gasteiger partial charge in [0.05, 0.1) is 0 Å². The van der Waals surface area contributed by atoms with Gasteiger partial charge in [0.15, 0.2) is 0 Å². The quantitative estimate of drug-likeness (QED) is 0.812. The Morgan fingerprint density at radius 1 is 1.35 bits per heavy atom. The molecule has 2 N–H and O–H groups in total. The van der Waals surface area contributed by atoms with E-state index in [1.54, 1.807) is 0 Å². The smallest absolute Gasteiger partial charge is 0.279 e. The van der Waals surface area contributed by atoms with Crippen LogP contribution in [0.25, 0.3) is 0 Å². The van der Waals surface area contributed by atoms with E-state index in [-0.39, 0.29) is 12.6 Å². The van der Waals surface area contributed by atoms with Crippen LogP contribution in [0.4, 0.5) is 0 Å². The van der Waals surface area contributed by atoms with Gasteiger partial charge in [-0.1, -0.05) is 24.3 Å². The molecule has 0 amide bonds. The van der Waals surface area contributed by atoms with Crippen molar-refractivity contribution in [2.24, 2.45) is 0 Å². The number of nitrogens with zero attached hydrogens (tertiary/aromatic N) is 1. The van der Waals surface area contributed by atoms with E-state index in [1.807, 2.05) is 12.1 Å². The molecule has 20 heavy (non-hydrogen) atoms. The van der Waals surface area contributed by atoms with Gasteiger partial charge in [-0.2, -0.15) is 17.4 Å². The predicted octanol–water partition coefficient (Wildman–Crippen LogP) is 0.693. The van der Waals surface area contributed by atoms with Crippen LogP contribution < -0.4 is 4.72 Å². The predicted molar refractivity (Wildman–Crippen MR) is 78.6 cm³/mol.